The summed E-state index contributed by atoms with van der Waals surface area (Å²) in [6.45, 7) is 9.94. The summed E-state index contributed by atoms with van der Waals surface area (Å²) in [5.74, 6) is 0. The maximum Gasteiger partial charge on any atom is 0.418 e. The number of rotatable bonds is 4. The van der Waals surface area contributed by atoms with Crippen LogP contribution in [0.4, 0.5) is 24.5 Å². The third kappa shape index (κ3) is 7.50. The highest BCUT2D eigenvalue weighted by molar-refractivity contribution is 5.60. The molecule has 8 heteroatoms. The van der Waals surface area contributed by atoms with E-state index in [1.165, 1.54) is 12.1 Å². The van der Waals surface area contributed by atoms with Crippen LogP contribution in [0.1, 0.15) is 46.1 Å². The third-order valence-electron chi connectivity index (χ3n) is 3.49. The number of hydrogen-bond donors (Lipinski definition) is 3. The summed E-state index contributed by atoms with van der Waals surface area (Å²) >= 11 is 0. The molecule has 1 heterocycles. The van der Waals surface area contributed by atoms with Crippen LogP contribution in [-0.4, -0.2) is 31.4 Å². The lowest BCUT2D eigenvalue weighted by Crippen LogP contribution is -2.87. The first-order valence-corrected chi connectivity index (χ1v) is 8.74. The van der Waals surface area contributed by atoms with Crippen LogP contribution in [0.2, 0.25) is 0 Å². The number of alkyl halides is 3. The monoisotopic (exact) mass is 366 g/mol. The Hall–Kier alpha value is -1.51. The van der Waals surface area contributed by atoms with Crippen LogP contribution in [0.15, 0.2) is 18.2 Å². The molecular weight excluding hydrogens is 335 g/mol. The first-order chi connectivity index (χ1) is 11.9. The number of quaternary nitrogens is 1. The molecule has 0 spiro atoms. The first kappa shape index (κ1) is 23.5. The number of halogens is 3. The first-order valence-electron chi connectivity index (χ1n) is 8.74. The Labute approximate surface area is 148 Å². The maximum absolute atomic E-state index is 13.1. The predicted octanol–water partition coefficient (Wildman–Crippen LogP) is 3.65. The summed E-state index contributed by atoms with van der Waals surface area (Å²) < 4.78 is 39.2. The summed E-state index contributed by atoms with van der Waals surface area (Å²) in [6.07, 6.45) is -2.76. The van der Waals surface area contributed by atoms with Gasteiger partial charge in [-0.25, -0.2) is 0 Å². The second-order valence-corrected chi connectivity index (χ2v) is 4.97. The zero-order chi connectivity index (χ0) is 19.5. The highest BCUT2D eigenvalue weighted by atomic mass is 19.4. The van der Waals surface area contributed by atoms with Crippen LogP contribution in [0.3, 0.4) is 0 Å². The smallest absolute Gasteiger partial charge is 0.382 e. The molecule has 0 saturated carbocycles. The molecule has 1 aliphatic heterocycles. The van der Waals surface area contributed by atoms with Gasteiger partial charge in [-0.15, -0.1) is 5.23 Å². The number of piperidine rings is 1. The second-order valence-electron chi connectivity index (χ2n) is 4.97. The molecule has 1 aromatic carbocycles. The van der Waals surface area contributed by atoms with Crippen molar-refractivity contribution in [2.75, 3.05) is 30.7 Å². The number of nitrogens with zero attached hydrogens (tertiary/aromatic N) is 1. The van der Waals surface area contributed by atoms with Crippen LogP contribution in [0, 0.1) is 0 Å². The largest absolute Gasteiger partial charge is 0.418 e. The van der Waals surface area contributed by atoms with Crippen molar-refractivity contribution >= 4 is 11.4 Å². The predicted molar refractivity (Wildman–Crippen MR) is 93.7 cm³/mol. The van der Waals surface area contributed by atoms with E-state index in [2.05, 4.69) is 15.5 Å². The Morgan fingerprint density at radius 2 is 1.72 bits per heavy atom. The summed E-state index contributed by atoms with van der Waals surface area (Å²) in [5.41, 5.74) is -0.991. The molecule has 1 aromatic rings. The molecule has 0 aliphatic carbocycles. The van der Waals surface area contributed by atoms with Crippen LogP contribution < -0.4 is 15.9 Å². The van der Waals surface area contributed by atoms with Crippen molar-refractivity contribution in [1.29, 1.82) is 0 Å². The van der Waals surface area contributed by atoms with Gasteiger partial charge < -0.3 is 10.6 Å². The van der Waals surface area contributed by atoms with E-state index in [0.29, 0.717) is 5.69 Å². The van der Waals surface area contributed by atoms with Crippen molar-refractivity contribution in [2.24, 2.45) is 0 Å². The molecular formula is C17H31F3N3O2+. The standard InChI is InChI=1S/C13H18F3N3O2.2C2H6/c1-21-19(20)12-3-2-10(8-11(12)13(14,15)16)18-9-4-6-17-7-5-9;2*1-2/h2-3,8-9,17-18,20H,4-7H2,1H3;2*1-2H3/p+1. The van der Waals surface area contributed by atoms with Gasteiger partial charge >= 0.3 is 6.18 Å². The van der Waals surface area contributed by atoms with Crippen LogP contribution in [0.5, 0.6) is 0 Å². The van der Waals surface area contributed by atoms with E-state index in [1.807, 2.05) is 27.7 Å². The lowest BCUT2D eigenvalue weighted by molar-refractivity contribution is -0.662. The zero-order valence-electron chi connectivity index (χ0n) is 15.7. The van der Waals surface area contributed by atoms with Crippen molar-refractivity contribution in [3.05, 3.63) is 23.8 Å². The van der Waals surface area contributed by atoms with Gasteiger partial charge in [-0.3, -0.25) is 10.0 Å². The van der Waals surface area contributed by atoms with Gasteiger partial charge in [0.25, 0.3) is 0 Å². The van der Waals surface area contributed by atoms with E-state index in [4.69, 9.17) is 0 Å². The Morgan fingerprint density at radius 1 is 1.16 bits per heavy atom. The van der Waals surface area contributed by atoms with Crippen molar-refractivity contribution in [2.45, 2.75) is 52.8 Å². The Bertz CT molecular complexity index is 479. The van der Waals surface area contributed by atoms with Crippen molar-refractivity contribution in [3.8, 4) is 0 Å². The lowest BCUT2D eigenvalue weighted by atomic mass is 10.1. The number of nitrogens with two attached hydrogens (primary N) is 1. The highest BCUT2D eigenvalue weighted by Gasteiger charge is 2.35. The summed E-state index contributed by atoms with van der Waals surface area (Å²) in [5, 5.41) is 14.8. The lowest BCUT2D eigenvalue weighted by Gasteiger charge is -2.24. The maximum atomic E-state index is 13.1. The molecule has 0 bridgehead atoms. The van der Waals surface area contributed by atoms with Crippen LogP contribution in [0.25, 0.3) is 0 Å². The molecule has 0 unspecified atom stereocenters. The molecule has 0 amide bonds. The zero-order valence-corrected chi connectivity index (χ0v) is 15.7. The Balaban J connectivity index is 0.00000134. The SMILES string of the molecule is CC.CC.CON(O)c1ccc(NC2CC[NH2+]CC2)cc1C(F)(F)F. The average Bonchev–Trinajstić information content (AvgIpc) is 2.64. The Morgan fingerprint density at radius 3 is 2.20 bits per heavy atom. The van der Waals surface area contributed by atoms with Crippen molar-refractivity contribution in [3.63, 3.8) is 0 Å². The van der Waals surface area contributed by atoms with E-state index < -0.39 is 17.4 Å². The molecule has 0 radical (unpaired) electrons. The molecule has 0 atom stereocenters. The fraction of sp³-hybridized carbons (Fsp3) is 0.647. The topological polar surface area (TPSA) is 61.3 Å². The molecule has 1 aliphatic rings. The van der Waals surface area contributed by atoms with Crippen LogP contribution >= 0.6 is 0 Å². The van der Waals surface area contributed by atoms with E-state index in [0.717, 1.165) is 39.1 Å². The molecule has 4 N–H and O–H groups in total. The second kappa shape index (κ2) is 11.9. The third-order valence-corrected chi connectivity index (χ3v) is 3.49. The van der Waals surface area contributed by atoms with Crippen molar-refractivity contribution < 1.29 is 28.5 Å². The van der Waals surface area contributed by atoms with Crippen molar-refractivity contribution in [1.82, 2.24) is 0 Å². The van der Waals surface area contributed by atoms with Gasteiger partial charge in [0.2, 0.25) is 0 Å². The van der Waals surface area contributed by atoms with Gasteiger partial charge in [0.15, 0.2) is 0 Å². The van der Waals surface area contributed by atoms with Gasteiger partial charge in [-0.2, -0.15) is 13.2 Å². The highest BCUT2D eigenvalue weighted by Crippen LogP contribution is 2.38. The van der Waals surface area contributed by atoms with Gasteiger partial charge in [0, 0.05) is 24.6 Å². The quantitative estimate of drug-likeness (QED) is 0.712. The van der Waals surface area contributed by atoms with E-state index in [-0.39, 0.29) is 11.3 Å². The van der Waals surface area contributed by atoms with E-state index >= 15 is 0 Å². The normalized spacial score (nSPS) is 14.6. The van der Waals surface area contributed by atoms with E-state index in [1.54, 1.807) is 0 Å². The summed E-state index contributed by atoms with van der Waals surface area (Å²) in [6, 6.07) is 3.86. The van der Waals surface area contributed by atoms with Gasteiger partial charge in [-0.1, -0.05) is 27.7 Å². The molecule has 0 aromatic heterocycles. The fourth-order valence-electron chi connectivity index (χ4n) is 2.42. The van der Waals surface area contributed by atoms with Gasteiger partial charge in [-0.05, 0) is 18.2 Å². The minimum atomic E-state index is -4.58. The molecule has 25 heavy (non-hydrogen) atoms. The van der Waals surface area contributed by atoms with Gasteiger partial charge in [0.05, 0.1) is 25.8 Å². The number of anilines is 2. The molecule has 1 saturated heterocycles. The molecule has 5 nitrogen and oxygen atoms in total. The number of hydrogen-bond acceptors (Lipinski definition) is 4. The Kier molecular flexibility index (Phi) is 11.2. The number of nitrogens with one attached hydrogen (secondary N) is 1. The van der Waals surface area contributed by atoms with E-state index in [9.17, 15) is 18.4 Å². The number of benzene rings is 1. The average molecular weight is 366 g/mol. The van der Waals surface area contributed by atoms with Gasteiger partial charge in [0.1, 0.15) is 5.69 Å². The van der Waals surface area contributed by atoms with Crippen LogP contribution in [-0.2, 0) is 11.0 Å². The molecule has 146 valence electrons. The fourth-order valence-corrected chi connectivity index (χ4v) is 2.42. The summed E-state index contributed by atoms with van der Waals surface area (Å²) in [4.78, 5) is 4.43. The minimum absolute atomic E-state index is 0.113. The molecule has 1 fully saturated rings. The minimum Gasteiger partial charge on any atom is -0.382 e. The summed E-state index contributed by atoms with van der Waals surface area (Å²) in [7, 11) is 1.09. The molecule has 2 rings (SSSR count).